The minimum atomic E-state index is -1.85. The van der Waals surface area contributed by atoms with Crippen molar-refractivity contribution in [2.45, 2.75) is 51.7 Å². The molecule has 6 heteroatoms. The Labute approximate surface area is 163 Å². The molecule has 0 amide bonds. The Morgan fingerprint density at radius 3 is 2.64 bits per heavy atom. The monoisotopic (exact) mass is 390 g/mol. The first kappa shape index (κ1) is 19.6. The van der Waals surface area contributed by atoms with E-state index in [1.807, 2.05) is 6.92 Å². The molecule has 0 aromatic heterocycles. The molecule has 0 spiro atoms. The summed E-state index contributed by atoms with van der Waals surface area (Å²) in [5, 5.41) is 22.5. The normalized spacial score (nSPS) is 49.9. The number of rotatable bonds is 2. The van der Waals surface area contributed by atoms with Gasteiger partial charge < -0.3 is 10.2 Å². The number of aliphatic hydroxyl groups excluding tert-OH is 1. The average Bonchev–Trinajstić information content (AvgIpc) is 2.83. The van der Waals surface area contributed by atoms with Crippen LogP contribution in [0, 0.1) is 34.5 Å². The number of alkyl halides is 1. The summed E-state index contributed by atoms with van der Waals surface area (Å²) in [5.74, 6) is -2.39. The fourth-order valence-corrected chi connectivity index (χ4v) is 7.20. The molecular formula is C22H27FO5. The van der Waals surface area contributed by atoms with Crippen LogP contribution in [0.5, 0.6) is 0 Å². The molecule has 2 N–H and O–H groups in total. The molecule has 152 valence electrons. The van der Waals surface area contributed by atoms with Gasteiger partial charge in [-0.15, -0.1) is 0 Å². The quantitative estimate of drug-likeness (QED) is 0.752. The first-order chi connectivity index (χ1) is 13.0. The molecule has 4 aliphatic carbocycles. The summed E-state index contributed by atoms with van der Waals surface area (Å²) >= 11 is 0. The SMILES string of the molecule is CC1C[C@H]2[C@@H]3CC(=O)C4=CC(=O)C=C[C@]4(C)[C@H]3C(O)C[C@]2(C)[C@@]1(O)C(=O)CF. The van der Waals surface area contributed by atoms with Gasteiger partial charge in [0.15, 0.2) is 24.0 Å². The number of ketones is 3. The highest BCUT2D eigenvalue weighted by Crippen LogP contribution is 2.67. The maximum Gasteiger partial charge on any atom is 0.196 e. The van der Waals surface area contributed by atoms with Crippen LogP contribution in [-0.4, -0.2) is 45.9 Å². The summed E-state index contributed by atoms with van der Waals surface area (Å²) < 4.78 is 13.3. The van der Waals surface area contributed by atoms with E-state index in [-0.39, 0.29) is 42.2 Å². The average molecular weight is 390 g/mol. The maximum absolute atomic E-state index is 13.3. The fraction of sp³-hybridized carbons (Fsp3) is 0.682. The third kappa shape index (κ3) is 2.16. The highest BCUT2D eigenvalue weighted by atomic mass is 19.1. The fourth-order valence-electron chi connectivity index (χ4n) is 7.20. The molecular weight excluding hydrogens is 363 g/mol. The number of carbonyl (C=O) groups excluding carboxylic acids is 3. The Morgan fingerprint density at radius 1 is 1.32 bits per heavy atom. The second-order valence-corrected chi connectivity index (χ2v) is 9.65. The summed E-state index contributed by atoms with van der Waals surface area (Å²) in [6, 6.07) is 0. The van der Waals surface area contributed by atoms with Gasteiger partial charge in [-0.3, -0.25) is 14.4 Å². The van der Waals surface area contributed by atoms with E-state index in [0.29, 0.717) is 12.0 Å². The zero-order valence-corrected chi connectivity index (χ0v) is 16.4. The number of carbonyl (C=O) groups is 3. The molecule has 8 atom stereocenters. The number of hydrogen-bond donors (Lipinski definition) is 2. The van der Waals surface area contributed by atoms with Gasteiger partial charge in [-0.1, -0.05) is 26.8 Å². The summed E-state index contributed by atoms with van der Waals surface area (Å²) in [5.41, 5.74) is -3.17. The van der Waals surface area contributed by atoms with Crippen molar-refractivity contribution in [3.8, 4) is 0 Å². The minimum absolute atomic E-state index is 0.127. The number of hydrogen-bond acceptors (Lipinski definition) is 5. The van der Waals surface area contributed by atoms with Crippen LogP contribution in [0.1, 0.15) is 40.0 Å². The van der Waals surface area contributed by atoms with E-state index in [4.69, 9.17) is 0 Å². The van der Waals surface area contributed by atoms with Crippen molar-refractivity contribution in [1.82, 2.24) is 0 Å². The van der Waals surface area contributed by atoms with E-state index in [9.17, 15) is 29.0 Å². The van der Waals surface area contributed by atoms with Crippen molar-refractivity contribution in [1.29, 1.82) is 0 Å². The molecule has 28 heavy (non-hydrogen) atoms. The van der Waals surface area contributed by atoms with Crippen LogP contribution in [0.3, 0.4) is 0 Å². The summed E-state index contributed by atoms with van der Waals surface area (Å²) in [7, 11) is 0. The molecule has 0 aromatic carbocycles. The first-order valence-electron chi connectivity index (χ1n) is 9.99. The second-order valence-electron chi connectivity index (χ2n) is 9.65. The number of halogens is 1. The van der Waals surface area contributed by atoms with E-state index in [1.165, 1.54) is 12.2 Å². The minimum Gasteiger partial charge on any atom is -0.393 e. The highest BCUT2D eigenvalue weighted by Gasteiger charge is 2.71. The third-order valence-electron chi connectivity index (χ3n) is 8.46. The van der Waals surface area contributed by atoms with Crippen LogP contribution in [-0.2, 0) is 14.4 Å². The van der Waals surface area contributed by atoms with Crippen LogP contribution in [0.15, 0.2) is 23.8 Å². The van der Waals surface area contributed by atoms with Gasteiger partial charge in [0.05, 0.1) is 6.10 Å². The van der Waals surface area contributed by atoms with Crippen molar-refractivity contribution in [2.24, 2.45) is 34.5 Å². The molecule has 5 nitrogen and oxygen atoms in total. The number of fused-ring (bicyclic) bond motifs is 5. The number of allylic oxidation sites excluding steroid dienone is 4. The van der Waals surface area contributed by atoms with Gasteiger partial charge >= 0.3 is 0 Å². The topological polar surface area (TPSA) is 91.7 Å². The Morgan fingerprint density at radius 2 is 2.00 bits per heavy atom. The van der Waals surface area contributed by atoms with E-state index in [0.717, 1.165) is 0 Å². The number of aliphatic hydroxyl groups is 2. The highest BCUT2D eigenvalue weighted by molar-refractivity contribution is 6.10. The van der Waals surface area contributed by atoms with Gasteiger partial charge in [0.2, 0.25) is 0 Å². The van der Waals surface area contributed by atoms with E-state index in [1.54, 1.807) is 19.9 Å². The van der Waals surface area contributed by atoms with Crippen LogP contribution in [0.2, 0.25) is 0 Å². The van der Waals surface area contributed by atoms with Crippen molar-refractivity contribution in [3.63, 3.8) is 0 Å². The van der Waals surface area contributed by atoms with E-state index < -0.39 is 40.9 Å². The molecule has 3 fully saturated rings. The van der Waals surface area contributed by atoms with Gasteiger partial charge in [-0.2, -0.15) is 0 Å². The predicted molar refractivity (Wildman–Crippen MR) is 98.9 cm³/mol. The molecule has 3 saturated carbocycles. The Kier molecular flexibility index (Phi) is 4.16. The smallest absolute Gasteiger partial charge is 0.196 e. The largest absolute Gasteiger partial charge is 0.393 e. The molecule has 0 aromatic rings. The molecule has 4 aliphatic rings. The molecule has 0 aliphatic heterocycles. The van der Waals surface area contributed by atoms with Gasteiger partial charge in [-0.25, -0.2) is 4.39 Å². The summed E-state index contributed by atoms with van der Waals surface area (Å²) in [6.07, 6.45) is 4.48. The third-order valence-corrected chi connectivity index (χ3v) is 8.46. The van der Waals surface area contributed by atoms with Crippen LogP contribution in [0.25, 0.3) is 0 Å². The zero-order valence-electron chi connectivity index (χ0n) is 16.4. The lowest BCUT2D eigenvalue weighted by atomic mass is 9.46. The second kappa shape index (κ2) is 5.92. The molecule has 0 heterocycles. The van der Waals surface area contributed by atoms with Gasteiger partial charge in [-0.05, 0) is 42.7 Å². The Bertz CT molecular complexity index is 831. The molecule has 2 unspecified atom stereocenters. The van der Waals surface area contributed by atoms with Crippen molar-refractivity contribution < 1.29 is 29.0 Å². The van der Waals surface area contributed by atoms with Crippen molar-refractivity contribution in [3.05, 3.63) is 23.8 Å². The van der Waals surface area contributed by atoms with Crippen LogP contribution in [0.4, 0.5) is 4.39 Å². The lowest BCUT2D eigenvalue weighted by Crippen LogP contribution is -2.63. The molecule has 4 rings (SSSR count). The Hall–Kier alpha value is -1.66. The lowest BCUT2D eigenvalue weighted by molar-refractivity contribution is -0.182. The summed E-state index contributed by atoms with van der Waals surface area (Å²) in [6.45, 7) is 4.13. The molecule has 0 saturated heterocycles. The van der Waals surface area contributed by atoms with E-state index >= 15 is 0 Å². The van der Waals surface area contributed by atoms with Gasteiger partial charge in [0, 0.05) is 28.7 Å². The van der Waals surface area contributed by atoms with Crippen LogP contribution >= 0.6 is 0 Å². The predicted octanol–water partition coefficient (Wildman–Crippen LogP) is 1.96. The summed E-state index contributed by atoms with van der Waals surface area (Å²) in [4.78, 5) is 37.2. The standard InChI is InChI=1S/C22H27FO5/c1-11-6-14-13-8-16(25)15-7-12(24)4-5-20(15,2)19(13)17(26)9-21(14,3)22(11,28)18(27)10-23/h4-5,7,11,13-14,17,19,26,28H,6,8-10H2,1-3H3/t11?,13-,14-,17?,19+,20-,21-,22-/m0/s1. The zero-order chi connectivity index (χ0) is 20.6. The lowest BCUT2D eigenvalue weighted by Gasteiger charge is -2.59. The van der Waals surface area contributed by atoms with Gasteiger partial charge in [0.25, 0.3) is 0 Å². The van der Waals surface area contributed by atoms with Gasteiger partial charge in [0.1, 0.15) is 5.60 Å². The van der Waals surface area contributed by atoms with E-state index in [2.05, 4.69) is 0 Å². The van der Waals surface area contributed by atoms with Crippen molar-refractivity contribution in [2.75, 3.05) is 6.67 Å². The maximum atomic E-state index is 13.3. The first-order valence-corrected chi connectivity index (χ1v) is 9.99. The number of Topliss-reactive ketones (excluding diaryl/α,β-unsaturated/α-hetero) is 2. The molecule has 0 bridgehead atoms. The molecule has 0 radical (unpaired) electrons. The van der Waals surface area contributed by atoms with Crippen molar-refractivity contribution >= 4 is 17.3 Å². The Balaban J connectivity index is 1.82. The van der Waals surface area contributed by atoms with Crippen LogP contribution < -0.4 is 0 Å².